The summed E-state index contributed by atoms with van der Waals surface area (Å²) < 4.78 is 135. The normalized spacial score (nSPS) is 12.5. The SMILES string of the molecule is O=C(O)c1nn(-c2ccc(S(=O)(=O)CCOS(=O)(=O)O)cc2)c(O)c1N=Nc1ccc(-c2ccc(N=Nc3c(C(=O)O)nn(-c4ccc(S(=O)(=O)CCOSOOO)cc4)c3O)cc2S(=O)(=O)O)c(SOOO)c1. The number of azo groups is 2. The number of benzene rings is 4. The van der Waals surface area contributed by atoms with Gasteiger partial charge in [0.2, 0.25) is 23.1 Å². The third-order valence-corrected chi connectivity index (χ3v) is 15.0. The van der Waals surface area contributed by atoms with Crippen LogP contribution < -0.4 is 0 Å². The zero-order valence-corrected chi connectivity index (χ0v) is 40.9. The minimum absolute atomic E-state index is 0.0500. The minimum atomic E-state index is -5.18. The molecule has 6 aromatic rings. The maximum absolute atomic E-state index is 12.8. The van der Waals surface area contributed by atoms with Crippen molar-refractivity contribution >= 4 is 99.2 Å². The van der Waals surface area contributed by atoms with Crippen molar-refractivity contribution in [2.75, 3.05) is 24.7 Å². The van der Waals surface area contributed by atoms with Crippen molar-refractivity contribution in [3.05, 3.63) is 96.3 Å². The van der Waals surface area contributed by atoms with Crippen LogP contribution >= 0.6 is 24.4 Å². The second kappa shape index (κ2) is 23.6. The summed E-state index contributed by atoms with van der Waals surface area (Å²) in [5.74, 6) is -6.64. The molecule has 2 aromatic heterocycles. The number of hydrogen-bond acceptors (Lipinski definition) is 28. The summed E-state index contributed by atoms with van der Waals surface area (Å²) in [6, 6.07) is 15.4. The number of hydrogen-bond donors (Lipinski definition) is 8. The Morgan fingerprint density at radius 3 is 1.50 bits per heavy atom. The minimum Gasteiger partial charge on any atom is -0.492 e. The summed E-state index contributed by atoms with van der Waals surface area (Å²) in [6.07, 6.45) is 0. The topological polar surface area (TPSA) is 473 Å². The quantitative estimate of drug-likeness (QED) is 0.00887. The zero-order valence-electron chi connectivity index (χ0n) is 36.0. The molecular formula is C36H30N8O24S6. The van der Waals surface area contributed by atoms with Crippen LogP contribution in [0.4, 0.5) is 22.7 Å². The lowest BCUT2D eigenvalue weighted by atomic mass is 10.0. The predicted molar refractivity (Wildman–Crippen MR) is 245 cm³/mol. The van der Waals surface area contributed by atoms with Crippen LogP contribution in [0.25, 0.3) is 22.5 Å². The van der Waals surface area contributed by atoms with E-state index in [2.05, 4.69) is 53.6 Å². The van der Waals surface area contributed by atoms with E-state index in [0.717, 1.165) is 60.7 Å². The molecule has 38 heteroatoms. The van der Waals surface area contributed by atoms with Gasteiger partial charge >= 0.3 is 22.3 Å². The number of aromatic carboxylic acids is 2. The highest BCUT2D eigenvalue weighted by Gasteiger charge is 2.27. The van der Waals surface area contributed by atoms with Crippen LogP contribution in [0.3, 0.4) is 0 Å². The molecular weight excluding hydrogens is 1120 g/mol. The number of aromatic hydroxyl groups is 2. The van der Waals surface area contributed by atoms with Gasteiger partial charge in [0.1, 0.15) is 4.90 Å². The largest absolute Gasteiger partial charge is 0.492 e. The Hall–Kier alpha value is -6.86. The number of aromatic nitrogens is 4. The van der Waals surface area contributed by atoms with Crippen LogP contribution in [0.1, 0.15) is 21.0 Å². The van der Waals surface area contributed by atoms with E-state index in [1.54, 1.807) is 0 Å². The lowest BCUT2D eigenvalue weighted by Gasteiger charge is -2.12. The lowest BCUT2D eigenvalue weighted by molar-refractivity contribution is -0.434. The molecule has 0 saturated carbocycles. The van der Waals surface area contributed by atoms with Gasteiger partial charge in [0.15, 0.2) is 43.4 Å². The van der Waals surface area contributed by atoms with Crippen LogP contribution in [0.5, 0.6) is 11.8 Å². The first-order valence-corrected chi connectivity index (χ1v) is 26.8. The maximum Gasteiger partial charge on any atom is 0.397 e. The van der Waals surface area contributed by atoms with E-state index in [0.29, 0.717) is 9.36 Å². The summed E-state index contributed by atoms with van der Waals surface area (Å²) in [5, 5.41) is 88.7. The molecule has 4 aromatic carbocycles. The van der Waals surface area contributed by atoms with Crippen molar-refractivity contribution in [2.24, 2.45) is 20.5 Å². The van der Waals surface area contributed by atoms with Crippen LogP contribution in [0.15, 0.2) is 125 Å². The van der Waals surface area contributed by atoms with E-state index in [1.165, 1.54) is 24.3 Å². The number of carboxylic acids is 2. The van der Waals surface area contributed by atoms with Gasteiger partial charge in [-0.2, -0.15) is 46.6 Å². The second-order valence-electron chi connectivity index (χ2n) is 13.8. The number of rotatable bonds is 25. The van der Waals surface area contributed by atoms with Crippen LogP contribution in [0, 0.1) is 0 Å². The molecule has 394 valence electrons. The maximum atomic E-state index is 12.8. The first-order valence-electron chi connectivity index (χ1n) is 19.2. The molecule has 0 atom stereocenters. The van der Waals surface area contributed by atoms with E-state index in [-0.39, 0.29) is 79.5 Å². The Kier molecular flexibility index (Phi) is 18.0. The third-order valence-electron chi connectivity index (χ3n) is 9.27. The Bertz CT molecular complexity index is 3610. The Morgan fingerprint density at radius 1 is 0.595 bits per heavy atom. The second-order valence-corrected chi connectivity index (χ2v) is 21.8. The molecule has 74 heavy (non-hydrogen) atoms. The number of sulfone groups is 2. The van der Waals surface area contributed by atoms with E-state index in [9.17, 15) is 68.2 Å². The summed E-state index contributed by atoms with van der Waals surface area (Å²) in [5.41, 5.74) is -4.20. The molecule has 0 saturated heterocycles. The molecule has 6 rings (SSSR count). The van der Waals surface area contributed by atoms with Crippen molar-refractivity contribution in [3.63, 3.8) is 0 Å². The zero-order chi connectivity index (χ0) is 54.2. The van der Waals surface area contributed by atoms with Gasteiger partial charge in [-0.3, -0.25) is 13.3 Å². The van der Waals surface area contributed by atoms with Gasteiger partial charge in [0, 0.05) is 10.5 Å². The fourth-order valence-electron chi connectivity index (χ4n) is 6.06. The van der Waals surface area contributed by atoms with Crippen LogP contribution in [-0.4, -0.2) is 130 Å². The van der Waals surface area contributed by atoms with Gasteiger partial charge in [-0.25, -0.2) is 41.1 Å². The molecule has 0 radical (unpaired) electrons. The molecule has 0 fully saturated rings. The van der Waals surface area contributed by atoms with Gasteiger partial charge < -0.3 is 20.4 Å². The summed E-state index contributed by atoms with van der Waals surface area (Å²) in [6.45, 7) is -1.30. The molecule has 0 spiro atoms. The van der Waals surface area contributed by atoms with Crippen molar-refractivity contribution in [1.29, 1.82) is 0 Å². The van der Waals surface area contributed by atoms with E-state index in [4.69, 9.17) is 19.3 Å². The van der Waals surface area contributed by atoms with E-state index < -0.39 is 110 Å². The van der Waals surface area contributed by atoms with Gasteiger partial charge in [0.05, 0.1) is 69.3 Å². The Morgan fingerprint density at radius 2 is 1.05 bits per heavy atom. The van der Waals surface area contributed by atoms with Crippen molar-refractivity contribution in [3.8, 4) is 34.3 Å². The molecule has 0 unspecified atom stereocenters. The van der Waals surface area contributed by atoms with E-state index in [1.807, 2.05) is 0 Å². The molecule has 0 amide bonds. The van der Waals surface area contributed by atoms with Gasteiger partial charge in [-0.1, -0.05) is 22.2 Å². The summed E-state index contributed by atoms with van der Waals surface area (Å²) in [4.78, 5) is 22.8. The number of carbonyl (C=O) groups is 2. The molecule has 2 heterocycles. The molecule has 0 aliphatic carbocycles. The predicted octanol–water partition coefficient (Wildman–Crippen LogP) is 5.41. The fraction of sp³-hybridized carbons (Fsp3) is 0.111. The monoisotopic (exact) mass is 1150 g/mol. The van der Waals surface area contributed by atoms with E-state index >= 15 is 0 Å². The molecule has 0 aliphatic rings. The van der Waals surface area contributed by atoms with Crippen molar-refractivity contribution in [2.45, 2.75) is 19.6 Å². The van der Waals surface area contributed by atoms with Crippen LogP contribution in [-0.2, 0) is 67.3 Å². The van der Waals surface area contributed by atoms with Gasteiger partial charge in [-0.05, 0) is 78.4 Å². The van der Waals surface area contributed by atoms with Gasteiger partial charge in [-0.15, -0.1) is 18.9 Å². The number of nitrogens with zero attached hydrogens (tertiary/aromatic N) is 8. The summed E-state index contributed by atoms with van der Waals surface area (Å²) >= 11 is 0.427. The lowest BCUT2D eigenvalue weighted by Crippen LogP contribution is -2.15. The third kappa shape index (κ3) is 13.8. The Balaban J connectivity index is 1.28. The van der Waals surface area contributed by atoms with Crippen LogP contribution in [0.2, 0.25) is 0 Å². The van der Waals surface area contributed by atoms with Crippen molar-refractivity contribution < 1.29 is 110 Å². The highest BCUT2D eigenvalue weighted by Crippen LogP contribution is 2.42. The average molecular weight is 1150 g/mol. The Labute approximate surface area is 422 Å². The highest BCUT2D eigenvalue weighted by molar-refractivity contribution is 7.94. The first kappa shape index (κ1) is 56.4. The highest BCUT2D eigenvalue weighted by atomic mass is 32.3. The average Bonchev–Trinajstić information content (AvgIpc) is 3.86. The molecule has 32 nitrogen and oxygen atoms in total. The molecule has 0 aliphatic heterocycles. The first-order chi connectivity index (χ1) is 34.8. The van der Waals surface area contributed by atoms with Crippen molar-refractivity contribution in [1.82, 2.24) is 19.6 Å². The fourth-order valence-corrected chi connectivity index (χ4v) is 10.2. The molecule has 8 N–H and O–H groups in total. The smallest absolute Gasteiger partial charge is 0.397 e. The number of carboxylic acid groups (broad SMARTS) is 2. The molecule has 0 bridgehead atoms. The summed E-state index contributed by atoms with van der Waals surface area (Å²) in [7, 11) is -18.2. The standard InChI is InChI=1S/C36H30N8O24S6/c45-33-29(31(35(47)48)41-43(33)22-5-9-24(10-6-22)72(55,56)16-14-64-74(60,61)62)39-37-19-1-11-25(27(17-19)69-67-65-51)26-12-2-20(18-28(26)73(57,58)59)38-40-30-32(36(49)50)42-44(34(30)46)21-3-7-23(8-4-21)71(53,54)15-13-63-70-68-66-52/h1-12,17-18,45-46,51-52H,13-16H2,(H,47,48)(H,49,50)(H,57,58,59)(H,60,61,62). The van der Waals surface area contributed by atoms with Gasteiger partial charge in [0.25, 0.3) is 10.1 Å².